The van der Waals surface area contributed by atoms with E-state index in [4.69, 9.17) is 0 Å². The Morgan fingerprint density at radius 1 is 1.05 bits per heavy atom. The first-order valence-electron chi connectivity index (χ1n) is 7.76. The fourth-order valence-electron chi connectivity index (χ4n) is 2.58. The van der Waals surface area contributed by atoms with Crippen molar-refractivity contribution in [3.05, 3.63) is 47.6 Å². The molecule has 0 fully saturated rings. The molecule has 0 saturated heterocycles. The second-order valence-electron chi connectivity index (χ2n) is 6.03. The Morgan fingerprint density at radius 2 is 1.62 bits per heavy atom. The molecule has 0 heterocycles. The summed E-state index contributed by atoms with van der Waals surface area (Å²) < 4.78 is 0. The van der Waals surface area contributed by atoms with E-state index in [1.54, 1.807) is 12.1 Å². The van der Waals surface area contributed by atoms with Gasteiger partial charge in [0.25, 0.3) is 0 Å². The molecule has 2 nitrogen and oxygen atoms in total. The van der Waals surface area contributed by atoms with Crippen molar-refractivity contribution < 1.29 is 10.2 Å². The number of aryl methyl sites for hydroxylation is 1. The van der Waals surface area contributed by atoms with Crippen LogP contribution in [0.25, 0.3) is 0 Å². The van der Waals surface area contributed by atoms with Gasteiger partial charge in [-0.25, -0.2) is 0 Å². The molecule has 2 heteroatoms. The molecule has 0 unspecified atom stereocenters. The standard InChI is InChI=1S/C19H28O2/c1-5-7-8-9-10-12-19(3,4)18-16(20)13-15(11-6-2)14-17(18)21/h5,7,10,12-14,20-21H,6,8-9,11H2,1-4H3. The zero-order chi connectivity index (χ0) is 15.9. The van der Waals surface area contributed by atoms with Gasteiger partial charge in [0.15, 0.2) is 0 Å². The highest BCUT2D eigenvalue weighted by molar-refractivity contribution is 5.52. The van der Waals surface area contributed by atoms with Crippen LogP contribution in [0.4, 0.5) is 0 Å². The summed E-state index contributed by atoms with van der Waals surface area (Å²) in [4.78, 5) is 0. The molecular formula is C19H28O2. The lowest BCUT2D eigenvalue weighted by Gasteiger charge is -2.24. The first-order chi connectivity index (χ1) is 9.92. The average Bonchev–Trinajstić information content (AvgIpc) is 2.37. The summed E-state index contributed by atoms with van der Waals surface area (Å²) in [6.45, 7) is 8.11. The van der Waals surface area contributed by atoms with Gasteiger partial charge in [-0.05, 0) is 43.9 Å². The van der Waals surface area contributed by atoms with Crippen LogP contribution in [0.15, 0.2) is 36.4 Å². The third kappa shape index (κ3) is 4.96. The Kier molecular flexibility index (Phi) is 6.54. The van der Waals surface area contributed by atoms with E-state index in [9.17, 15) is 10.2 Å². The number of phenolic OH excluding ortho intramolecular Hbond substituents is 2. The van der Waals surface area contributed by atoms with Crippen LogP contribution < -0.4 is 0 Å². The van der Waals surface area contributed by atoms with Crippen molar-refractivity contribution in [2.75, 3.05) is 0 Å². The molecule has 0 aliphatic rings. The maximum atomic E-state index is 10.3. The van der Waals surface area contributed by atoms with Crippen LogP contribution in [-0.4, -0.2) is 10.2 Å². The third-order valence-electron chi connectivity index (χ3n) is 3.61. The molecule has 0 atom stereocenters. The molecule has 1 aromatic rings. The number of benzene rings is 1. The summed E-state index contributed by atoms with van der Waals surface area (Å²) in [5, 5.41) is 20.5. The zero-order valence-corrected chi connectivity index (χ0v) is 13.7. The highest BCUT2D eigenvalue weighted by Gasteiger charge is 2.25. The fourth-order valence-corrected chi connectivity index (χ4v) is 2.58. The maximum Gasteiger partial charge on any atom is 0.123 e. The average molecular weight is 288 g/mol. The first kappa shape index (κ1) is 17.4. The lowest BCUT2D eigenvalue weighted by Crippen LogP contribution is -2.14. The summed E-state index contributed by atoms with van der Waals surface area (Å²) in [5.41, 5.74) is 1.18. The van der Waals surface area contributed by atoms with Crippen molar-refractivity contribution in [2.45, 2.75) is 58.8 Å². The Morgan fingerprint density at radius 3 is 2.14 bits per heavy atom. The lowest BCUT2D eigenvalue weighted by molar-refractivity contribution is 0.419. The zero-order valence-electron chi connectivity index (χ0n) is 13.7. The SMILES string of the molecule is CC=CCCC=CC(C)(C)c1c(O)cc(CCC)cc1O. The third-order valence-corrected chi connectivity index (χ3v) is 3.61. The van der Waals surface area contributed by atoms with Crippen molar-refractivity contribution in [1.29, 1.82) is 0 Å². The molecule has 0 aromatic heterocycles. The van der Waals surface area contributed by atoms with Crippen LogP contribution >= 0.6 is 0 Å². The second kappa shape index (κ2) is 7.92. The number of hydrogen-bond donors (Lipinski definition) is 2. The molecule has 0 aliphatic carbocycles. The largest absolute Gasteiger partial charge is 0.507 e. The molecule has 2 N–H and O–H groups in total. The molecule has 1 rings (SSSR count). The fraction of sp³-hybridized carbons (Fsp3) is 0.474. The highest BCUT2D eigenvalue weighted by Crippen LogP contribution is 2.40. The van der Waals surface area contributed by atoms with Gasteiger partial charge in [0.2, 0.25) is 0 Å². The van der Waals surface area contributed by atoms with E-state index in [1.165, 1.54) is 0 Å². The van der Waals surface area contributed by atoms with E-state index >= 15 is 0 Å². The van der Waals surface area contributed by atoms with Crippen LogP contribution in [0.2, 0.25) is 0 Å². The molecule has 1 aromatic carbocycles. The number of rotatable bonds is 7. The highest BCUT2D eigenvalue weighted by atomic mass is 16.3. The molecule has 0 spiro atoms. The maximum absolute atomic E-state index is 10.3. The lowest BCUT2D eigenvalue weighted by atomic mass is 9.82. The summed E-state index contributed by atoms with van der Waals surface area (Å²) in [5.74, 6) is 0.364. The van der Waals surface area contributed by atoms with E-state index in [-0.39, 0.29) is 11.5 Å². The van der Waals surface area contributed by atoms with E-state index in [0.29, 0.717) is 5.56 Å². The van der Waals surface area contributed by atoms with Gasteiger partial charge in [-0.1, -0.05) is 51.5 Å². The summed E-state index contributed by atoms with van der Waals surface area (Å²) >= 11 is 0. The van der Waals surface area contributed by atoms with E-state index in [2.05, 4.69) is 25.2 Å². The topological polar surface area (TPSA) is 40.5 Å². The van der Waals surface area contributed by atoms with E-state index in [0.717, 1.165) is 31.2 Å². The number of allylic oxidation sites excluding steroid dienone is 4. The molecule has 0 bridgehead atoms. The number of aromatic hydroxyl groups is 2. The van der Waals surface area contributed by atoms with Crippen LogP contribution in [0.5, 0.6) is 11.5 Å². The van der Waals surface area contributed by atoms with Gasteiger partial charge < -0.3 is 10.2 Å². The van der Waals surface area contributed by atoms with Gasteiger partial charge in [0.05, 0.1) is 0 Å². The minimum Gasteiger partial charge on any atom is -0.507 e. The van der Waals surface area contributed by atoms with Crippen molar-refractivity contribution >= 4 is 0 Å². The van der Waals surface area contributed by atoms with Crippen molar-refractivity contribution in [2.24, 2.45) is 0 Å². The summed E-state index contributed by atoms with van der Waals surface area (Å²) in [6, 6.07) is 3.54. The molecule has 0 amide bonds. The van der Waals surface area contributed by atoms with Gasteiger partial charge in [-0.2, -0.15) is 0 Å². The van der Waals surface area contributed by atoms with Gasteiger partial charge in [-0.15, -0.1) is 0 Å². The first-order valence-corrected chi connectivity index (χ1v) is 7.76. The van der Waals surface area contributed by atoms with Crippen LogP contribution in [0.1, 0.15) is 58.1 Å². The van der Waals surface area contributed by atoms with Crippen LogP contribution in [-0.2, 0) is 11.8 Å². The van der Waals surface area contributed by atoms with Gasteiger partial charge in [-0.3, -0.25) is 0 Å². The minimum atomic E-state index is -0.394. The molecular weight excluding hydrogens is 260 g/mol. The molecule has 0 aliphatic heterocycles. The predicted molar refractivity (Wildman–Crippen MR) is 90.0 cm³/mol. The Balaban J connectivity index is 2.96. The Labute approximate surface area is 128 Å². The van der Waals surface area contributed by atoms with Crippen molar-refractivity contribution in [3.63, 3.8) is 0 Å². The normalized spacial score (nSPS) is 12.6. The van der Waals surface area contributed by atoms with Gasteiger partial charge in [0, 0.05) is 11.0 Å². The smallest absolute Gasteiger partial charge is 0.123 e. The quantitative estimate of drug-likeness (QED) is 0.532. The number of unbranched alkanes of at least 4 members (excludes halogenated alkanes) is 1. The number of phenols is 2. The minimum absolute atomic E-state index is 0.182. The molecule has 0 radical (unpaired) electrons. The van der Waals surface area contributed by atoms with Crippen molar-refractivity contribution in [3.8, 4) is 11.5 Å². The predicted octanol–water partition coefficient (Wildman–Crippen LogP) is 5.24. The van der Waals surface area contributed by atoms with Crippen LogP contribution in [0.3, 0.4) is 0 Å². The molecule has 116 valence electrons. The Hall–Kier alpha value is -1.70. The van der Waals surface area contributed by atoms with E-state index in [1.807, 2.05) is 26.8 Å². The summed E-state index contributed by atoms with van der Waals surface area (Å²) in [7, 11) is 0. The van der Waals surface area contributed by atoms with Gasteiger partial charge in [0.1, 0.15) is 11.5 Å². The van der Waals surface area contributed by atoms with Gasteiger partial charge >= 0.3 is 0 Å². The van der Waals surface area contributed by atoms with Crippen LogP contribution in [0, 0.1) is 0 Å². The summed E-state index contributed by atoms with van der Waals surface area (Å²) in [6.07, 6.45) is 12.2. The van der Waals surface area contributed by atoms with E-state index < -0.39 is 5.41 Å². The monoisotopic (exact) mass is 288 g/mol. The second-order valence-corrected chi connectivity index (χ2v) is 6.03. The number of hydrogen-bond acceptors (Lipinski definition) is 2. The Bertz CT molecular complexity index is 487. The molecule has 21 heavy (non-hydrogen) atoms. The van der Waals surface area contributed by atoms with Crippen molar-refractivity contribution in [1.82, 2.24) is 0 Å². The molecule has 0 saturated carbocycles.